The standard InChI is InChI=1S/C15H17N3O4/c1-21-7-6-16-14-12(15(19)20)9-17-13(18-14)10-4-3-5-11(8-10)22-2/h3-5,8-9H,6-7H2,1-2H3,(H,19,20)(H,16,17,18). The van der Waals surface area contributed by atoms with E-state index < -0.39 is 5.97 Å². The first-order valence-corrected chi connectivity index (χ1v) is 6.63. The van der Waals surface area contributed by atoms with Gasteiger partial charge in [-0.3, -0.25) is 0 Å². The van der Waals surface area contributed by atoms with Crippen molar-refractivity contribution in [3.63, 3.8) is 0 Å². The molecule has 0 aliphatic carbocycles. The molecule has 2 aromatic rings. The van der Waals surface area contributed by atoms with Crippen molar-refractivity contribution in [2.24, 2.45) is 0 Å². The predicted molar refractivity (Wildman–Crippen MR) is 81.3 cm³/mol. The molecule has 0 fully saturated rings. The Labute approximate surface area is 127 Å². The average molecular weight is 303 g/mol. The third kappa shape index (κ3) is 3.70. The number of ether oxygens (including phenoxy) is 2. The van der Waals surface area contributed by atoms with Crippen LogP contribution in [0.3, 0.4) is 0 Å². The summed E-state index contributed by atoms with van der Waals surface area (Å²) in [6, 6.07) is 7.25. The van der Waals surface area contributed by atoms with Crippen molar-refractivity contribution in [3.05, 3.63) is 36.0 Å². The smallest absolute Gasteiger partial charge is 0.341 e. The van der Waals surface area contributed by atoms with E-state index in [4.69, 9.17) is 9.47 Å². The molecule has 0 bridgehead atoms. The molecule has 0 saturated heterocycles. The van der Waals surface area contributed by atoms with Crippen molar-refractivity contribution >= 4 is 11.8 Å². The largest absolute Gasteiger partial charge is 0.497 e. The quantitative estimate of drug-likeness (QED) is 0.754. The van der Waals surface area contributed by atoms with Gasteiger partial charge in [-0.1, -0.05) is 12.1 Å². The number of aromatic nitrogens is 2. The van der Waals surface area contributed by atoms with Crippen LogP contribution in [0.1, 0.15) is 10.4 Å². The van der Waals surface area contributed by atoms with Crippen LogP contribution < -0.4 is 10.1 Å². The lowest BCUT2D eigenvalue weighted by atomic mass is 10.2. The second-order valence-corrected chi connectivity index (χ2v) is 4.41. The summed E-state index contributed by atoms with van der Waals surface area (Å²) in [5.41, 5.74) is 0.758. The lowest BCUT2D eigenvalue weighted by Crippen LogP contribution is -2.14. The minimum absolute atomic E-state index is 0.0164. The molecule has 1 aromatic carbocycles. The maximum Gasteiger partial charge on any atom is 0.341 e. The monoisotopic (exact) mass is 303 g/mol. The normalized spacial score (nSPS) is 10.3. The van der Waals surface area contributed by atoms with E-state index in [9.17, 15) is 9.90 Å². The van der Waals surface area contributed by atoms with E-state index in [0.717, 1.165) is 5.56 Å². The third-order valence-electron chi connectivity index (χ3n) is 2.95. The fraction of sp³-hybridized carbons (Fsp3) is 0.267. The van der Waals surface area contributed by atoms with Gasteiger partial charge in [0.1, 0.15) is 17.1 Å². The van der Waals surface area contributed by atoms with Gasteiger partial charge in [0.25, 0.3) is 0 Å². The zero-order valence-corrected chi connectivity index (χ0v) is 12.4. The van der Waals surface area contributed by atoms with E-state index in [0.29, 0.717) is 24.7 Å². The Kier molecular flexibility index (Phi) is 5.26. The van der Waals surface area contributed by atoms with E-state index in [1.54, 1.807) is 20.3 Å². The zero-order chi connectivity index (χ0) is 15.9. The van der Waals surface area contributed by atoms with Crippen molar-refractivity contribution in [2.45, 2.75) is 0 Å². The van der Waals surface area contributed by atoms with Crippen LogP contribution in [0.5, 0.6) is 5.75 Å². The summed E-state index contributed by atoms with van der Waals surface area (Å²) in [4.78, 5) is 19.6. The number of methoxy groups -OCH3 is 2. The van der Waals surface area contributed by atoms with Gasteiger partial charge in [-0.05, 0) is 12.1 Å². The van der Waals surface area contributed by atoms with Crippen LogP contribution >= 0.6 is 0 Å². The van der Waals surface area contributed by atoms with Gasteiger partial charge in [0.2, 0.25) is 0 Å². The van der Waals surface area contributed by atoms with Crippen LogP contribution in [0.2, 0.25) is 0 Å². The SMILES string of the molecule is COCCNc1nc(-c2cccc(OC)c2)ncc1C(=O)O. The number of carboxylic acids is 1. The van der Waals surface area contributed by atoms with E-state index in [2.05, 4.69) is 15.3 Å². The van der Waals surface area contributed by atoms with Crippen molar-refractivity contribution in [3.8, 4) is 17.1 Å². The van der Waals surface area contributed by atoms with Gasteiger partial charge in [-0.15, -0.1) is 0 Å². The molecule has 2 N–H and O–H groups in total. The summed E-state index contributed by atoms with van der Waals surface area (Å²) < 4.78 is 10.1. The number of benzene rings is 1. The fourth-order valence-electron chi connectivity index (χ4n) is 1.85. The maximum absolute atomic E-state index is 11.2. The highest BCUT2D eigenvalue weighted by atomic mass is 16.5. The molecule has 1 aromatic heterocycles. The summed E-state index contributed by atoms with van der Waals surface area (Å²) in [5.74, 6) is 0.274. The second-order valence-electron chi connectivity index (χ2n) is 4.41. The van der Waals surface area contributed by atoms with Crippen molar-refractivity contribution < 1.29 is 19.4 Å². The highest BCUT2D eigenvalue weighted by molar-refractivity contribution is 5.93. The maximum atomic E-state index is 11.2. The Morgan fingerprint density at radius 1 is 1.36 bits per heavy atom. The number of carbonyl (C=O) groups is 1. The van der Waals surface area contributed by atoms with E-state index in [1.165, 1.54) is 6.20 Å². The van der Waals surface area contributed by atoms with E-state index in [1.807, 2.05) is 18.2 Å². The molecule has 0 atom stereocenters. The van der Waals surface area contributed by atoms with Crippen LogP contribution in [-0.2, 0) is 4.74 Å². The summed E-state index contributed by atoms with van der Waals surface area (Å²) in [5, 5.41) is 12.1. The number of nitrogens with zero attached hydrogens (tertiary/aromatic N) is 2. The topological polar surface area (TPSA) is 93.6 Å². The molecule has 0 aliphatic heterocycles. The van der Waals surface area contributed by atoms with E-state index in [-0.39, 0.29) is 11.4 Å². The number of hydrogen-bond acceptors (Lipinski definition) is 6. The number of carboxylic acid groups (broad SMARTS) is 1. The molecule has 0 radical (unpaired) electrons. The molecule has 7 nitrogen and oxygen atoms in total. The Balaban J connectivity index is 2.36. The molecule has 1 heterocycles. The molecular formula is C15H17N3O4. The number of rotatable bonds is 7. The van der Waals surface area contributed by atoms with Gasteiger partial charge < -0.3 is 19.9 Å². The Morgan fingerprint density at radius 2 is 2.18 bits per heavy atom. The van der Waals surface area contributed by atoms with Crippen LogP contribution in [0.25, 0.3) is 11.4 Å². The minimum Gasteiger partial charge on any atom is -0.497 e. The average Bonchev–Trinajstić information content (AvgIpc) is 2.55. The molecule has 0 spiro atoms. The van der Waals surface area contributed by atoms with Gasteiger partial charge in [-0.25, -0.2) is 14.8 Å². The van der Waals surface area contributed by atoms with Gasteiger partial charge >= 0.3 is 5.97 Å². The Hall–Kier alpha value is -2.67. The van der Waals surface area contributed by atoms with Crippen LogP contribution in [0.15, 0.2) is 30.5 Å². The summed E-state index contributed by atoms with van der Waals surface area (Å²) in [6.45, 7) is 0.892. The first kappa shape index (κ1) is 15.7. The molecular weight excluding hydrogens is 286 g/mol. The first-order chi connectivity index (χ1) is 10.7. The lowest BCUT2D eigenvalue weighted by molar-refractivity contribution is 0.0697. The van der Waals surface area contributed by atoms with Crippen LogP contribution in [0, 0.1) is 0 Å². The van der Waals surface area contributed by atoms with Gasteiger partial charge in [0, 0.05) is 25.4 Å². The molecule has 116 valence electrons. The molecule has 7 heteroatoms. The third-order valence-corrected chi connectivity index (χ3v) is 2.95. The first-order valence-electron chi connectivity index (χ1n) is 6.63. The van der Waals surface area contributed by atoms with Crippen LogP contribution in [-0.4, -0.2) is 48.4 Å². The summed E-state index contributed by atoms with van der Waals surface area (Å²) in [7, 11) is 3.15. The zero-order valence-electron chi connectivity index (χ0n) is 12.4. The van der Waals surface area contributed by atoms with Crippen LogP contribution in [0.4, 0.5) is 5.82 Å². The van der Waals surface area contributed by atoms with Gasteiger partial charge in [-0.2, -0.15) is 0 Å². The molecule has 0 aliphatic rings. The summed E-state index contributed by atoms with van der Waals surface area (Å²) in [6.07, 6.45) is 1.29. The predicted octanol–water partition coefficient (Wildman–Crippen LogP) is 1.91. The summed E-state index contributed by atoms with van der Waals surface area (Å²) >= 11 is 0. The fourth-order valence-corrected chi connectivity index (χ4v) is 1.85. The number of nitrogens with one attached hydrogen (secondary N) is 1. The number of aromatic carboxylic acids is 1. The Bertz CT molecular complexity index is 661. The number of anilines is 1. The molecule has 2 rings (SSSR count). The molecule has 0 saturated carbocycles. The number of hydrogen-bond donors (Lipinski definition) is 2. The van der Waals surface area contributed by atoms with Crippen molar-refractivity contribution in [1.29, 1.82) is 0 Å². The lowest BCUT2D eigenvalue weighted by Gasteiger charge is -2.10. The van der Waals surface area contributed by atoms with E-state index >= 15 is 0 Å². The van der Waals surface area contributed by atoms with Crippen molar-refractivity contribution in [2.75, 3.05) is 32.7 Å². The van der Waals surface area contributed by atoms with Crippen molar-refractivity contribution in [1.82, 2.24) is 9.97 Å². The van der Waals surface area contributed by atoms with Gasteiger partial charge in [0.05, 0.1) is 13.7 Å². The Morgan fingerprint density at radius 3 is 2.86 bits per heavy atom. The van der Waals surface area contributed by atoms with Gasteiger partial charge in [0.15, 0.2) is 5.82 Å². The minimum atomic E-state index is -1.09. The molecule has 22 heavy (non-hydrogen) atoms. The second kappa shape index (κ2) is 7.37. The molecule has 0 unspecified atom stereocenters. The highest BCUT2D eigenvalue weighted by Gasteiger charge is 2.14. The highest BCUT2D eigenvalue weighted by Crippen LogP contribution is 2.23. The molecule has 0 amide bonds.